The summed E-state index contributed by atoms with van der Waals surface area (Å²) >= 11 is 0. The van der Waals surface area contributed by atoms with Crippen LogP contribution in [0.15, 0.2) is 24.3 Å². The normalized spacial score (nSPS) is 12.8. The fourth-order valence-electron chi connectivity index (χ4n) is 1.93. The second-order valence-electron chi connectivity index (χ2n) is 5.03. The number of benzene rings is 1. The molecule has 7 heteroatoms. The third-order valence-corrected chi connectivity index (χ3v) is 3.94. The highest BCUT2D eigenvalue weighted by atomic mass is 32.2. The molecule has 1 rings (SSSR count). The van der Waals surface area contributed by atoms with Crippen LogP contribution in [-0.2, 0) is 19.6 Å². The second kappa shape index (κ2) is 7.42. The molecule has 1 N–H and O–H groups in total. The number of hydrogen-bond acceptors (Lipinski definition) is 4. The summed E-state index contributed by atoms with van der Waals surface area (Å²) in [5.74, 6) is -0.369. The number of ether oxygens (including phenoxy) is 1. The maximum Gasteiger partial charge on any atom is 0.241 e. The zero-order valence-electron chi connectivity index (χ0n) is 12.8. The third-order valence-electron chi connectivity index (χ3n) is 2.80. The van der Waals surface area contributed by atoms with Crippen LogP contribution in [0, 0.1) is 6.92 Å². The number of hydrogen-bond donors (Lipinski definition) is 1. The van der Waals surface area contributed by atoms with Gasteiger partial charge in [-0.05, 0) is 31.5 Å². The van der Waals surface area contributed by atoms with Gasteiger partial charge in [0.25, 0.3) is 0 Å². The van der Waals surface area contributed by atoms with Gasteiger partial charge in [-0.2, -0.15) is 0 Å². The average molecular weight is 314 g/mol. The number of carbonyl (C=O) groups excluding carboxylic acids is 1. The first-order chi connectivity index (χ1) is 9.74. The van der Waals surface area contributed by atoms with E-state index in [1.165, 1.54) is 7.11 Å². The Labute approximate surface area is 126 Å². The van der Waals surface area contributed by atoms with Gasteiger partial charge in [-0.3, -0.25) is 9.10 Å². The lowest BCUT2D eigenvalue weighted by molar-refractivity contribution is -0.120. The van der Waals surface area contributed by atoms with Crippen LogP contribution in [0.5, 0.6) is 0 Å². The smallest absolute Gasteiger partial charge is 0.241 e. The van der Waals surface area contributed by atoms with Gasteiger partial charge in [-0.1, -0.05) is 12.1 Å². The number of nitrogens with one attached hydrogen (secondary N) is 1. The standard InChI is InChI=1S/C14H22N2O4S/c1-11-6-5-7-13(8-11)16(21(4,18)19)9-14(17)15-12(2)10-20-3/h5-8,12H,9-10H2,1-4H3,(H,15,17)/t12-/m1/s1. The van der Waals surface area contributed by atoms with E-state index in [2.05, 4.69) is 5.32 Å². The number of methoxy groups -OCH3 is 1. The molecule has 21 heavy (non-hydrogen) atoms. The molecular weight excluding hydrogens is 292 g/mol. The van der Waals surface area contributed by atoms with E-state index >= 15 is 0 Å². The molecule has 1 aromatic carbocycles. The number of carbonyl (C=O) groups is 1. The summed E-state index contributed by atoms with van der Waals surface area (Å²) in [6.07, 6.45) is 1.08. The lowest BCUT2D eigenvalue weighted by atomic mass is 10.2. The number of sulfonamides is 1. The summed E-state index contributed by atoms with van der Waals surface area (Å²) < 4.78 is 29.8. The van der Waals surface area contributed by atoms with Gasteiger partial charge in [-0.15, -0.1) is 0 Å². The van der Waals surface area contributed by atoms with Crippen molar-refractivity contribution in [2.75, 3.05) is 30.8 Å². The van der Waals surface area contributed by atoms with E-state index in [1.807, 2.05) is 13.0 Å². The van der Waals surface area contributed by atoms with Crippen LogP contribution >= 0.6 is 0 Å². The molecule has 0 radical (unpaired) electrons. The van der Waals surface area contributed by atoms with Crippen molar-refractivity contribution in [2.45, 2.75) is 19.9 Å². The highest BCUT2D eigenvalue weighted by molar-refractivity contribution is 7.92. The Morgan fingerprint density at radius 1 is 1.43 bits per heavy atom. The van der Waals surface area contributed by atoms with Crippen molar-refractivity contribution in [1.29, 1.82) is 0 Å². The Morgan fingerprint density at radius 3 is 2.62 bits per heavy atom. The summed E-state index contributed by atoms with van der Waals surface area (Å²) in [4.78, 5) is 12.0. The predicted octanol–water partition coefficient (Wildman–Crippen LogP) is 0.912. The molecule has 0 saturated heterocycles. The third kappa shape index (κ3) is 5.73. The molecule has 118 valence electrons. The Morgan fingerprint density at radius 2 is 2.10 bits per heavy atom. The highest BCUT2D eigenvalue weighted by Gasteiger charge is 2.21. The molecule has 1 amide bonds. The van der Waals surface area contributed by atoms with Gasteiger partial charge in [0.05, 0.1) is 18.6 Å². The van der Waals surface area contributed by atoms with Gasteiger partial charge in [0.2, 0.25) is 15.9 Å². The number of anilines is 1. The van der Waals surface area contributed by atoms with E-state index < -0.39 is 10.0 Å². The van der Waals surface area contributed by atoms with Gasteiger partial charge < -0.3 is 10.1 Å². The monoisotopic (exact) mass is 314 g/mol. The maximum absolute atomic E-state index is 12.0. The molecule has 6 nitrogen and oxygen atoms in total. The summed E-state index contributed by atoms with van der Waals surface area (Å²) in [6.45, 7) is 3.77. The zero-order valence-corrected chi connectivity index (χ0v) is 13.6. The molecule has 0 aliphatic rings. The van der Waals surface area contributed by atoms with Crippen molar-refractivity contribution in [1.82, 2.24) is 5.32 Å². The Hall–Kier alpha value is -1.60. The van der Waals surface area contributed by atoms with Crippen molar-refractivity contribution in [3.05, 3.63) is 29.8 Å². The van der Waals surface area contributed by atoms with Crippen molar-refractivity contribution in [3.63, 3.8) is 0 Å². The molecule has 0 aliphatic carbocycles. The largest absolute Gasteiger partial charge is 0.383 e. The first-order valence-electron chi connectivity index (χ1n) is 6.56. The van der Waals surface area contributed by atoms with Crippen LogP contribution in [0.25, 0.3) is 0 Å². The van der Waals surface area contributed by atoms with Gasteiger partial charge in [-0.25, -0.2) is 8.42 Å². The zero-order chi connectivity index (χ0) is 16.0. The van der Waals surface area contributed by atoms with E-state index in [9.17, 15) is 13.2 Å². The summed E-state index contributed by atoms with van der Waals surface area (Å²) in [7, 11) is -2.00. The van der Waals surface area contributed by atoms with Crippen molar-refractivity contribution >= 4 is 21.6 Å². The molecule has 0 bridgehead atoms. The van der Waals surface area contributed by atoms with Crippen molar-refractivity contribution < 1.29 is 17.9 Å². The van der Waals surface area contributed by atoms with E-state index in [0.717, 1.165) is 16.1 Å². The summed E-state index contributed by atoms with van der Waals surface area (Å²) in [5.41, 5.74) is 1.40. The Kier molecular flexibility index (Phi) is 6.17. The number of amides is 1. The number of aryl methyl sites for hydroxylation is 1. The minimum absolute atomic E-state index is 0.179. The molecule has 1 atom stereocenters. The minimum atomic E-state index is -3.54. The highest BCUT2D eigenvalue weighted by Crippen LogP contribution is 2.18. The molecular formula is C14H22N2O4S. The average Bonchev–Trinajstić information content (AvgIpc) is 2.34. The van der Waals surface area contributed by atoms with Crippen LogP contribution < -0.4 is 9.62 Å². The molecule has 0 saturated carbocycles. The molecule has 0 aliphatic heterocycles. The fourth-order valence-corrected chi connectivity index (χ4v) is 2.77. The van der Waals surface area contributed by atoms with Crippen LogP contribution in [0.2, 0.25) is 0 Å². The number of nitrogens with zero attached hydrogens (tertiary/aromatic N) is 1. The minimum Gasteiger partial charge on any atom is -0.383 e. The predicted molar refractivity (Wildman–Crippen MR) is 82.8 cm³/mol. The van der Waals surface area contributed by atoms with E-state index in [1.54, 1.807) is 25.1 Å². The van der Waals surface area contributed by atoms with E-state index in [-0.39, 0.29) is 18.5 Å². The molecule has 0 heterocycles. The van der Waals surface area contributed by atoms with Crippen molar-refractivity contribution in [3.8, 4) is 0 Å². The van der Waals surface area contributed by atoms with Crippen molar-refractivity contribution in [2.24, 2.45) is 0 Å². The van der Waals surface area contributed by atoms with Crippen LogP contribution in [0.4, 0.5) is 5.69 Å². The molecule has 0 fully saturated rings. The Balaban J connectivity index is 2.89. The van der Waals surface area contributed by atoms with Gasteiger partial charge in [0, 0.05) is 13.2 Å². The van der Waals surface area contributed by atoms with E-state index in [0.29, 0.717) is 12.3 Å². The fraction of sp³-hybridized carbons (Fsp3) is 0.500. The second-order valence-corrected chi connectivity index (χ2v) is 6.94. The summed E-state index contributed by atoms with van der Waals surface area (Å²) in [6, 6.07) is 6.84. The lowest BCUT2D eigenvalue weighted by Crippen LogP contribution is -2.44. The first-order valence-corrected chi connectivity index (χ1v) is 8.41. The quantitative estimate of drug-likeness (QED) is 0.812. The topological polar surface area (TPSA) is 75.7 Å². The van der Waals surface area contributed by atoms with E-state index in [4.69, 9.17) is 4.74 Å². The maximum atomic E-state index is 12.0. The van der Waals surface area contributed by atoms with Gasteiger partial charge >= 0.3 is 0 Å². The first kappa shape index (κ1) is 17.5. The SMILES string of the molecule is COC[C@@H](C)NC(=O)CN(c1cccc(C)c1)S(C)(=O)=O. The van der Waals surface area contributed by atoms with Crippen LogP contribution in [-0.4, -0.2) is 46.9 Å². The number of rotatable bonds is 7. The van der Waals surface area contributed by atoms with Crippen LogP contribution in [0.1, 0.15) is 12.5 Å². The van der Waals surface area contributed by atoms with Crippen LogP contribution in [0.3, 0.4) is 0 Å². The molecule has 1 aromatic rings. The Bertz CT molecular complexity index is 586. The molecule has 0 unspecified atom stereocenters. The van der Waals surface area contributed by atoms with Gasteiger partial charge in [0.1, 0.15) is 6.54 Å². The summed E-state index contributed by atoms with van der Waals surface area (Å²) in [5, 5.41) is 2.70. The lowest BCUT2D eigenvalue weighted by Gasteiger charge is -2.23. The van der Waals surface area contributed by atoms with Gasteiger partial charge in [0.15, 0.2) is 0 Å². The molecule has 0 aromatic heterocycles. The molecule has 0 spiro atoms.